The van der Waals surface area contributed by atoms with Crippen molar-refractivity contribution >= 4 is 11.8 Å². The number of rotatable bonds is 6. The fraction of sp³-hybridized carbons (Fsp3) is 0.857. The number of carbonyl (C=O) groups excluding carboxylic acids is 2. The van der Waals surface area contributed by atoms with E-state index in [-0.39, 0.29) is 50.0 Å². The van der Waals surface area contributed by atoms with Crippen molar-refractivity contribution in [2.75, 3.05) is 39.4 Å². The van der Waals surface area contributed by atoms with Gasteiger partial charge in [-0.2, -0.15) is 0 Å². The van der Waals surface area contributed by atoms with Gasteiger partial charge in [-0.3, -0.25) is 9.59 Å². The lowest BCUT2D eigenvalue weighted by Crippen LogP contribution is -2.46. The number of aliphatic hydroxyl groups excluding tert-OH is 2. The molecule has 0 saturated carbocycles. The zero-order valence-electron chi connectivity index (χ0n) is 12.4. The smallest absolute Gasteiger partial charge is 0.225 e. The normalized spacial score (nSPS) is 16.6. The maximum absolute atomic E-state index is 12.3. The van der Waals surface area contributed by atoms with E-state index in [4.69, 9.17) is 10.2 Å². The Kier molecular flexibility index (Phi) is 6.95. The zero-order valence-corrected chi connectivity index (χ0v) is 12.4. The number of likely N-dealkylation sites (tertiary alicyclic amines) is 1. The summed E-state index contributed by atoms with van der Waals surface area (Å²) in [6.07, 6.45) is 1.31. The quantitative estimate of drug-likeness (QED) is 0.702. The van der Waals surface area contributed by atoms with Crippen LogP contribution in [0.5, 0.6) is 0 Å². The van der Waals surface area contributed by atoms with Crippen molar-refractivity contribution in [2.24, 2.45) is 11.8 Å². The lowest BCUT2D eigenvalue weighted by molar-refractivity contribution is -0.142. The second-order valence-corrected chi connectivity index (χ2v) is 5.53. The van der Waals surface area contributed by atoms with Crippen LogP contribution < -0.4 is 0 Å². The Bertz CT molecular complexity index is 319. The predicted octanol–water partition coefficient (Wildman–Crippen LogP) is -0.306. The predicted molar refractivity (Wildman–Crippen MR) is 74.9 cm³/mol. The van der Waals surface area contributed by atoms with E-state index in [0.717, 1.165) is 0 Å². The summed E-state index contributed by atoms with van der Waals surface area (Å²) in [7, 11) is 0. The first-order valence-corrected chi connectivity index (χ1v) is 7.30. The van der Waals surface area contributed by atoms with Crippen LogP contribution in [0.25, 0.3) is 0 Å². The van der Waals surface area contributed by atoms with Crippen molar-refractivity contribution in [1.82, 2.24) is 9.80 Å². The van der Waals surface area contributed by atoms with Gasteiger partial charge in [0.15, 0.2) is 0 Å². The summed E-state index contributed by atoms with van der Waals surface area (Å²) in [6, 6.07) is 0. The molecule has 6 heteroatoms. The largest absolute Gasteiger partial charge is 0.395 e. The van der Waals surface area contributed by atoms with Crippen molar-refractivity contribution < 1.29 is 19.8 Å². The van der Waals surface area contributed by atoms with E-state index >= 15 is 0 Å². The molecule has 1 aliphatic heterocycles. The molecule has 0 spiro atoms. The SMILES string of the molecule is CC(C)C(=O)N1CCC(C(=O)N(CCO)CCO)CC1. The van der Waals surface area contributed by atoms with Crippen LogP contribution in [0.4, 0.5) is 0 Å². The van der Waals surface area contributed by atoms with E-state index in [9.17, 15) is 9.59 Å². The first kappa shape index (κ1) is 16.9. The van der Waals surface area contributed by atoms with Crippen LogP contribution in [-0.2, 0) is 9.59 Å². The van der Waals surface area contributed by atoms with Crippen molar-refractivity contribution in [3.63, 3.8) is 0 Å². The number of aliphatic hydroxyl groups is 2. The van der Waals surface area contributed by atoms with E-state index in [1.165, 1.54) is 4.90 Å². The van der Waals surface area contributed by atoms with Crippen LogP contribution >= 0.6 is 0 Å². The Morgan fingerprint density at radius 2 is 1.65 bits per heavy atom. The third-order valence-electron chi connectivity index (χ3n) is 3.70. The molecule has 1 saturated heterocycles. The molecule has 1 fully saturated rings. The molecule has 0 aliphatic carbocycles. The Labute approximate surface area is 120 Å². The average molecular weight is 286 g/mol. The van der Waals surface area contributed by atoms with E-state index in [1.54, 1.807) is 0 Å². The topological polar surface area (TPSA) is 81.1 Å². The second kappa shape index (κ2) is 8.21. The summed E-state index contributed by atoms with van der Waals surface area (Å²) in [4.78, 5) is 27.5. The van der Waals surface area contributed by atoms with Gasteiger partial charge in [-0.25, -0.2) is 0 Å². The molecule has 6 nitrogen and oxygen atoms in total. The van der Waals surface area contributed by atoms with Gasteiger partial charge in [0.1, 0.15) is 0 Å². The summed E-state index contributed by atoms with van der Waals surface area (Å²) in [5.41, 5.74) is 0. The Balaban J connectivity index is 2.51. The van der Waals surface area contributed by atoms with Crippen LogP contribution in [0.3, 0.4) is 0 Å². The summed E-state index contributed by atoms with van der Waals surface area (Å²) >= 11 is 0. The van der Waals surface area contributed by atoms with Gasteiger partial charge in [0.2, 0.25) is 11.8 Å². The molecule has 1 aliphatic rings. The number of piperidine rings is 1. The fourth-order valence-electron chi connectivity index (χ4n) is 2.54. The molecule has 0 atom stereocenters. The number of nitrogens with zero attached hydrogens (tertiary/aromatic N) is 2. The van der Waals surface area contributed by atoms with Crippen LogP contribution in [0, 0.1) is 11.8 Å². The van der Waals surface area contributed by atoms with Crippen LogP contribution in [-0.4, -0.2) is 71.2 Å². The third-order valence-corrected chi connectivity index (χ3v) is 3.70. The lowest BCUT2D eigenvalue weighted by atomic mass is 9.94. The minimum Gasteiger partial charge on any atom is -0.395 e. The standard InChI is InChI=1S/C14H26N2O4/c1-11(2)13(19)15-5-3-12(4-6-15)14(20)16(7-9-17)8-10-18/h11-12,17-18H,3-10H2,1-2H3. The molecular weight excluding hydrogens is 260 g/mol. The first-order valence-electron chi connectivity index (χ1n) is 7.30. The minimum absolute atomic E-state index is 0.0115. The molecular formula is C14H26N2O4. The van der Waals surface area contributed by atoms with Crippen molar-refractivity contribution in [2.45, 2.75) is 26.7 Å². The second-order valence-electron chi connectivity index (χ2n) is 5.53. The van der Waals surface area contributed by atoms with Gasteiger partial charge in [-0.15, -0.1) is 0 Å². The number of amides is 2. The van der Waals surface area contributed by atoms with E-state index in [1.807, 2.05) is 18.7 Å². The van der Waals surface area contributed by atoms with Gasteiger partial charge < -0.3 is 20.0 Å². The first-order chi connectivity index (χ1) is 9.51. The monoisotopic (exact) mass is 286 g/mol. The summed E-state index contributed by atoms with van der Waals surface area (Å²) in [6.45, 7) is 5.29. The number of hydrogen-bond donors (Lipinski definition) is 2. The molecule has 20 heavy (non-hydrogen) atoms. The molecule has 2 N–H and O–H groups in total. The zero-order chi connectivity index (χ0) is 15.1. The molecule has 0 unspecified atom stereocenters. The Morgan fingerprint density at radius 1 is 1.15 bits per heavy atom. The Morgan fingerprint density at radius 3 is 2.05 bits per heavy atom. The summed E-state index contributed by atoms with van der Waals surface area (Å²) in [5.74, 6) is -0.00458. The minimum atomic E-state index is -0.107. The van der Waals surface area contributed by atoms with Crippen LogP contribution in [0.1, 0.15) is 26.7 Å². The molecule has 0 aromatic rings. The summed E-state index contributed by atoms with van der Waals surface area (Å²) in [5, 5.41) is 17.9. The van der Waals surface area contributed by atoms with Crippen LogP contribution in [0.2, 0.25) is 0 Å². The van der Waals surface area contributed by atoms with Gasteiger partial charge in [-0.05, 0) is 12.8 Å². The van der Waals surface area contributed by atoms with E-state index in [0.29, 0.717) is 25.9 Å². The van der Waals surface area contributed by atoms with Crippen molar-refractivity contribution in [3.05, 3.63) is 0 Å². The van der Waals surface area contributed by atoms with Gasteiger partial charge in [-0.1, -0.05) is 13.8 Å². The molecule has 2 amide bonds. The highest BCUT2D eigenvalue weighted by Gasteiger charge is 2.30. The third kappa shape index (κ3) is 4.45. The highest BCUT2D eigenvalue weighted by atomic mass is 16.3. The summed E-state index contributed by atoms with van der Waals surface area (Å²) < 4.78 is 0. The molecule has 0 aromatic carbocycles. The lowest BCUT2D eigenvalue weighted by Gasteiger charge is -2.34. The van der Waals surface area contributed by atoms with Crippen molar-refractivity contribution in [3.8, 4) is 0 Å². The highest BCUT2D eigenvalue weighted by Crippen LogP contribution is 2.21. The maximum atomic E-state index is 12.3. The molecule has 0 aromatic heterocycles. The van der Waals surface area contributed by atoms with E-state index in [2.05, 4.69) is 0 Å². The van der Waals surface area contributed by atoms with Crippen molar-refractivity contribution in [1.29, 1.82) is 0 Å². The average Bonchev–Trinajstić information content (AvgIpc) is 2.45. The van der Waals surface area contributed by atoms with E-state index < -0.39 is 0 Å². The Hall–Kier alpha value is -1.14. The maximum Gasteiger partial charge on any atom is 0.225 e. The van der Waals surface area contributed by atoms with Gasteiger partial charge in [0.05, 0.1) is 13.2 Å². The highest BCUT2D eigenvalue weighted by molar-refractivity contribution is 5.80. The molecule has 0 bridgehead atoms. The number of carbonyl (C=O) groups is 2. The molecule has 1 rings (SSSR count). The van der Waals surface area contributed by atoms with Crippen LogP contribution in [0.15, 0.2) is 0 Å². The molecule has 0 radical (unpaired) electrons. The van der Waals surface area contributed by atoms with Gasteiger partial charge in [0.25, 0.3) is 0 Å². The fourth-order valence-corrected chi connectivity index (χ4v) is 2.54. The van der Waals surface area contributed by atoms with Gasteiger partial charge >= 0.3 is 0 Å². The molecule has 116 valence electrons. The van der Waals surface area contributed by atoms with Gasteiger partial charge in [0, 0.05) is 38.0 Å². The number of hydrogen-bond acceptors (Lipinski definition) is 4. The molecule has 1 heterocycles.